The van der Waals surface area contributed by atoms with Crippen molar-refractivity contribution in [3.05, 3.63) is 53.9 Å². The van der Waals surface area contributed by atoms with Gasteiger partial charge in [0.1, 0.15) is 9.96 Å². The molecule has 4 aromatic rings. The Bertz CT molecular complexity index is 1440. The van der Waals surface area contributed by atoms with Crippen molar-refractivity contribution in [2.45, 2.75) is 36.8 Å². The van der Waals surface area contributed by atoms with E-state index in [0.29, 0.717) is 40.6 Å². The molecule has 0 bridgehead atoms. The van der Waals surface area contributed by atoms with E-state index >= 15 is 0 Å². The highest BCUT2D eigenvalue weighted by Crippen LogP contribution is 2.42. The minimum atomic E-state index is -3.87. The van der Waals surface area contributed by atoms with Crippen LogP contribution < -0.4 is 24.2 Å². The highest BCUT2D eigenvalue weighted by molar-refractivity contribution is 7.94. The second kappa shape index (κ2) is 12.1. The number of benzene rings is 2. The van der Waals surface area contributed by atoms with Gasteiger partial charge in [0.15, 0.2) is 23.1 Å². The lowest BCUT2D eigenvalue weighted by molar-refractivity contribution is 0.285. The minimum absolute atomic E-state index is 0.0581. The van der Waals surface area contributed by atoms with Crippen molar-refractivity contribution in [1.29, 1.82) is 0 Å². The molecule has 0 unspecified atom stereocenters. The Labute approximate surface area is 220 Å². The molecular formula is C26H30N4O5S2. The van der Waals surface area contributed by atoms with Gasteiger partial charge in [-0.15, -0.1) is 11.3 Å². The van der Waals surface area contributed by atoms with Gasteiger partial charge in [-0.2, -0.15) is 0 Å². The Morgan fingerprint density at radius 1 is 0.919 bits per heavy atom. The maximum absolute atomic E-state index is 13.0. The summed E-state index contributed by atoms with van der Waals surface area (Å²) in [6.07, 6.45) is 4.21. The van der Waals surface area contributed by atoms with E-state index in [1.54, 1.807) is 43.9 Å². The number of anilines is 3. The van der Waals surface area contributed by atoms with E-state index in [-0.39, 0.29) is 15.8 Å². The molecule has 2 aromatic heterocycles. The Balaban J connectivity index is 1.75. The highest BCUT2D eigenvalue weighted by atomic mass is 32.2. The normalized spacial score (nSPS) is 11.3. The van der Waals surface area contributed by atoms with Crippen molar-refractivity contribution in [3.8, 4) is 17.2 Å². The molecule has 0 aliphatic heterocycles. The first-order valence-corrected chi connectivity index (χ1v) is 14.3. The van der Waals surface area contributed by atoms with Crippen LogP contribution >= 0.6 is 11.3 Å². The summed E-state index contributed by atoms with van der Waals surface area (Å²) in [7, 11) is -0.757. The second-order valence-electron chi connectivity index (χ2n) is 8.19. The van der Waals surface area contributed by atoms with Crippen LogP contribution in [-0.2, 0) is 10.0 Å². The standard InChI is InChI=1S/C26H30N4O5S2/c1-4-5-6-9-14-35-24-21(16-18(33-2)17-22(24)34-3)29-25-26(28-20-12-8-7-11-19(20)27-25)30-37(31,32)23-13-10-15-36-23/h7-8,10-13,15-17H,4-6,9,14H2,1-3H3,(H,27,29)(H,28,30). The molecule has 11 heteroatoms. The van der Waals surface area contributed by atoms with E-state index < -0.39 is 10.0 Å². The minimum Gasteiger partial charge on any atom is -0.497 e. The maximum atomic E-state index is 13.0. The van der Waals surface area contributed by atoms with Crippen molar-refractivity contribution >= 4 is 49.7 Å². The number of rotatable bonds is 13. The van der Waals surface area contributed by atoms with Gasteiger partial charge in [-0.05, 0) is 30.0 Å². The number of unbranched alkanes of at least 4 members (excludes halogenated alkanes) is 3. The van der Waals surface area contributed by atoms with E-state index in [4.69, 9.17) is 14.2 Å². The fourth-order valence-electron chi connectivity index (χ4n) is 3.67. The molecule has 196 valence electrons. The second-order valence-corrected chi connectivity index (χ2v) is 11.0. The molecule has 2 heterocycles. The van der Waals surface area contributed by atoms with Crippen molar-refractivity contribution in [1.82, 2.24) is 9.97 Å². The van der Waals surface area contributed by atoms with Gasteiger partial charge in [0.05, 0.1) is 37.5 Å². The maximum Gasteiger partial charge on any atom is 0.272 e. The van der Waals surface area contributed by atoms with Crippen molar-refractivity contribution in [3.63, 3.8) is 0 Å². The first-order chi connectivity index (χ1) is 17.9. The van der Waals surface area contributed by atoms with Gasteiger partial charge >= 0.3 is 0 Å². The van der Waals surface area contributed by atoms with Crippen LogP contribution in [0.4, 0.5) is 17.3 Å². The number of aromatic nitrogens is 2. The summed E-state index contributed by atoms with van der Waals surface area (Å²) < 4.78 is 46.0. The number of hydrogen-bond donors (Lipinski definition) is 2. The third kappa shape index (κ3) is 6.41. The predicted octanol–water partition coefficient (Wildman–Crippen LogP) is 6.21. The zero-order valence-electron chi connectivity index (χ0n) is 21.0. The summed E-state index contributed by atoms with van der Waals surface area (Å²) in [4.78, 5) is 9.24. The number of fused-ring (bicyclic) bond motifs is 1. The van der Waals surface area contributed by atoms with Crippen molar-refractivity contribution < 1.29 is 22.6 Å². The Kier molecular flexibility index (Phi) is 8.67. The first kappa shape index (κ1) is 26.5. The fraction of sp³-hybridized carbons (Fsp3) is 0.308. The number of nitrogens with one attached hydrogen (secondary N) is 2. The monoisotopic (exact) mass is 542 g/mol. The Hall–Kier alpha value is -3.57. The van der Waals surface area contributed by atoms with Gasteiger partial charge in [0, 0.05) is 12.1 Å². The third-order valence-electron chi connectivity index (χ3n) is 5.54. The molecule has 0 saturated heterocycles. The Morgan fingerprint density at radius 2 is 1.68 bits per heavy atom. The summed E-state index contributed by atoms with van der Waals surface area (Å²) in [5.74, 6) is 1.76. The van der Waals surface area contributed by atoms with E-state index in [9.17, 15) is 8.42 Å². The van der Waals surface area contributed by atoms with Crippen LogP contribution in [0.2, 0.25) is 0 Å². The largest absolute Gasteiger partial charge is 0.497 e. The number of hydrogen-bond acceptors (Lipinski definition) is 9. The summed E-state index contributed by atoms with van der Waals surface area (Å²) in [5.41, 5.74) is 1.65. The molecule has 4 rings (SSSR count). The van der Waals surface area contributed by atoms with E-state index in [0.717, 1.165) is 37.0 Å². The zero-order valence-corrected chi connectivity index (χ0v) is 22.6. The quantitative estimate of drug-likeness (QED) is 0.192. The highest BCUT2D eigenvalue weighted by Gasteiger charge is 2.22. The SMILES string of the molecule is CCCCCCOc1c(Nc2nc3ccccc3nc2NS(=O)(=O)c2cccs2)cc(OC)cc1OC. The lowest BCUT2D eigenvalue weighted by Gasteiger charge is -2.19. The molecule has 0 saturated carbocycles. The summed E-state index contributed by atoms with van der Waals surface area (Å²) in [5, 5.41) is 4.92. The molecule has 0 spiro atoms. The average Bonchev–Trinajstić information content (AvgIpc) is 3.45. The summed E-state index contributed by atoms with van der Waals surface area (Å²) in [6, 6.07) is 13.9. The molecule has 2 N–H and O–H groups in total. The van der Waals surface area contributed by atoms with Gasteiger partial charge in [-0.25, -0.2) is 18.4 Å². The molecule has 0 fully saturated rings. The zero-order chi connectivity index (χ0) is 26.3. The average molecular weight is 543 g/mol. The van der Waals surface area contributed by atoms with Crippen LogP contribution in [0.5, 0.6) is 17.2 Å². The van der Waals surface area contributed by atoms with E-state index in [2.05, 4.69) is 26.9 Å². The lowest BCUT2D eigenvalue weighted by Crippen LogP contribution is -2.15. The topological polar surface area (TPSA) is 112 Å². The van der Waals surface area contributed by atoms with Gasteiger partial charge in [-0.1, -0.05) is 44.4 Å². The fourth-order valence-corrected chi connectivity index (χ4v) is 5.67. The smallest absolute Gasteiger partial charge is 0.272 e. The van der Waals surface area contributed by atoms with Crippen LogP contribution in [0.15, 0.2) is 58.1 Å². The number of nitrogens with zero attached hydrogens (tertiary/aromatic N) is 2. The van der Waals surface area contributed by atoms with Crippen LogP contribution in [0.3, 0.4) is 0 Å². The molecule has 2 aromatic carbocycles. The third-order valence-corrected chi connectivity index (χ3v) is 8.28. The van der Waals surface area contributed by atoms with Crippen LogP contribution in [0, 0.1) is 0 Å². The molecule has 0 atom stereocenters. The number of para-hydroxylation sites is 2. The molecule has 0 amide bonds. The molecular weight excluding hydrogens is 512 g/mol. The van der Waals surface area contributed by atoms with Gasteiger partial charge in [0.25, 0.3) is 10.0 Å². The van der Waals surface area contributed by atoms with Crippen LogP contribution in [0.1, 0.15) is 32.6 Å². The summed E-state index contributed by atoms with van der Waals surface area (Å²) >= 11 is 1.12. The Morgan fingerprint density at radius 3 is 2.32 bits per heavy atom. The number of sulfonamides is 1. The molecule has 37 heavy (non-hydrogen) atoms. The van der Waals surface area contributed by atoms with E-state index in [1.165, 1.54) is 6.07 Å². The molecule has 0 aliphatic rings. The first-order valence-electron chi connectivity index (χ1n) is 11.9. The number of ether oxygens (including phenoxy) is 3. The van der Waals surface area contributed by atoms with Crippen LogP contribution in [0.25, 0.3) is 11.0 Å². The summed E-state index contributed by atoms with van der Waals surface area (Å²) in [6.45, 7) is 2.66. The van der Waals surface area contributed by atoms with Crippen molar-refractivity contribution in [2.24, 2.45) is 0 Å². The lowest BCUT2D eigenvalue weighted by atomic mass is 10.2. The van der Waals surface area contributed by atoms with Gasteiger partial charge in [0.2, 0.25) is 0 Å². The molecule has 0 aliphatic carbocycles. The van der Waals surface area contributed by atoms with E-state index in [1.807, 2.05) is 18.2 Å². The number of methoxy groups -OCH3 is 2. The van der Waals surface area contributed by atoms with Gasteiger partial charge in [-0.3, -0.25) is 4.72 Å². The van der Waals surface area contributed by atoms with Crippen LogP contribution in [-0.4, -0.2) is 39.2 Å². The predicted molar refractivity (Wildman–Crippen MR) is 147 cm³/mol. The molecule has 0 radical (unpaired) electrons. The van der Waals surface area contributed by atoms with Crippen molar-refractivity contribution in [2.75, 3.05) is 30.9 Å². The van der Waals surface area contributed by atoms with Gasteiger partial charge < -0.3 is 19.5 Å². The number of thiophene rings is 1. The molecule has 9 nitrogen and oxygen atoms in total.